The molecule has 10 heteroatoms. The van der Waals surface area contributed by atoms with Crippen LogP contribution in [0, 0.1) is 13.8 Å². The Bertz CT molecular complexity index is 761. The second kappa shape index (κ2) is 5.40. The number of carbonyl (C=O) groups is 1. The number of hydrogen-bond acceptors (Lipinski definition) is 8. The molecule has 21 heavy (non-hydrogen) atoms. The molecule has 0 saturated carbocycles. The van der Waals surface area contributed by atoms with Gasteiger partial charge in [0.1, 0.15) is 0 Å². The number of rotatable bonds is 4. The minimum Gasteiger partial charge on any atom is -0.341 e. The van der Waals surface area contributed by atoms with Crippen LogP contribution in [0.25, 0.3) is 5.13 Å². The standard InChI is InChI=1S/C11H11N7O2S/c1-6-9(15-17-18(6)11-12-3-4-21-11)10(19)13-5-8-14-7(2)16-20-8/h3-4H,5H2,1-2H3,(H,13,19). The average molecular weight is 305 g/mol. The summed E-state index contributed by atoms with van der Waals surface area (Å²) >= 11 is 1.41. The quantitative estimate of drug-likeness (QED) is 0.753. The second-order valence-corrected chi connectivity index (χ2v) is 5.04. The lowest BCUT2D eigenvalue weighted by Gasteiger charge is -2.00. The summed E-state index contributed by atoms with van der Waals surface area (Å²) in [4.78, 5) is 20.2. The second-order valence-electron chi connectivity index (χ2n) is 4.17. The van der Waals surface area contributed by atoms with Crippen molar-refractivity contribution in [2.24, 2.45) is 0 Å². The fourth-order valence-electron chi connectivity index (χ4n) is 1.69. The van der Waals surface area contributed by atoms with Crippen molar-refractivity contribution in [3.8, 4) is 5.13 Å². The van der Waals surface area contributed by atoms with Gasteiger partial charge in [-0.15, -0.1) is 16.4 Å². The largest absolute Gasteiger partial charge is 0.341 e. The van der Waals surface area contributed by atoms with Crippen LogP contribution in [0.3, 0.4) is 0 Å². The third-order valence-electron chi connectivity index (χ3n) is 2.68. The predicted molar refractivity (Wildman–Crippen MR) is 72.0 cm³/mol. The topological polar surface area (TPSA) is 112 Å². The normalized spacial score (nSPS) is 10.8. The van der Waals surface area contributed by atoms with E-state index >= 15 is 0 Å². The van der Waals surface area contributed by atoms with Crippen molar-refractivity contribution in [2.45, 2.75) is 20.4 Å². The Kier molecular flexibility index (Phi) is 3.44. The Morgan fingerprint density at radius 2 is 2.33 bits per heavy atom. The van der Waals surface area contributed by atoms with Gasteiger partial charge >= 0.3 is 0 Å². The zero-order chi connectivity index (χ0) is 14.8. The Morgan fingerprint density at radius 3 is 3.00 bits per heavy atom. The molecule has 0 aliphatic rings. The molecule has 3 heterocycles. The van der Waals surface area contributed by atoms with Gasteiger partial charge < -0.3 is 9.84 Å². The highest BCUT2D eigenvalue weighted by Crippen LogP contribution is 2.14. The Labute approximate surface area is 123 Å². The van der Waals surface area contributed by atoms with Crippen molar-refractivity contribution >= 4 is 17.2 Å². The van der Waals surface area contributed by atoms with E-state index in [9.17, 15) is 4.79 Å². The first-order valence-electron chi connectivity index (χ1n) is 6.04. The first-order chi connectivity index (χ1) is 10.1. The highest BCUT2D eigenvalue weighted by atomic mass is 32.1. The lowest BCUT2D eigenvalue weighted by molar-refractivity contribution is 0.0940. The SMILES string of the molecule is Cc1noc(CNC(=O)c2nnn(-c3nccs3)c2C)n1. The van der Waals surface area contributed by atoms with E-state index in [2.05, 4.69) is 30.8 Å². The van der Waals surface area contributed by atoms with Gasteiger partial charge in [0.25, 0.3) is 5.91 Å². The molecule has 1 amide bonds. The Balaban J connectivity index is 1.73. The fourth-order valence-corrected chi connectivity index (χ4v) is 2.33. The van der Waals surface area contributed by atoms with Crippen LogP contribution in [0.2, 0.25) is 0 Å². The van der Waals surface area contributed by atoms with E-state index < -0.39 is 0 Å². The van der Waals surface area contributed by atoms with Gasteiger partial charge in [-0.2, -0.15) is 9.67 Å². The molecule has 0 atom stereocenters. The molecule has 0 unspecified atom stereocenters. The van der Waals surface area contributed by atoms with Gasteiger partial charge in [0.2, 0.25) is 11.0 Å². The van der Waals surface area contributed by atoms with E-state index in [0.717, 1.165) is 0 Å². The minimum absolute atomic E-state index is 0.142. The van der Waals surface area contributed by atoms with Gasteiger partial charge in [0.15, 0.2) is 11.5 Å². The third kappa shape index (κ3) is 2.65. The molecule has 3 aromatic heterocycles. The molecule has 3 rings (SSSR count). The van der Waals surface area contributed by atoms with Crippen molar-refractivity contribution in [2.75, 3.05) is 0 Å². The molecule has 108 valence electrons. The zero-order valence-electron chi connectivity index (χ0n) is 11.3. The first-order valence-corrected chi connectivity index (χ1v) is 6.92. The predicted octanol–water partition coefficient (Wildman–Crippen LogP) is 0.654. The van der Waals surface area contributed by atoms with Crippen LogP contribution in [0.4, 0.5) is 0 Å². The number of hydrogen-bond donors (Lipinski definition) is 1. The Morgan fingerprint density at radius 1 is 1.48 bits per heavy atom. The highest BCUT2D eigenvalue weighted by molar-refractivity contribution is 7.12. The van der Waals surface area contributed by atoms with Gasteiger partial charge in [-0.05, 0) is 13.8 Å². The van der Waals surface area contributed by atoms with Gasteiger partial charge in [-0.3, -0.25) is 4.79 Å². The molecule has 0 spiro atoms. The molecule has 0 radical (unpaired) electrons. The molecule has 9 nitrogen and oxygen atoms in total. The molecule has 0 bridgehead atoms. The van der Waals surface area contributed by atoms with Crippen LogP contribution in [0.15, 0.2) is 16.1 Å². The molecule has 0 aliphatic carbocycles. The summed E-state index contributed by atoms with van der Waals surface area (Å²) in [7, 11) is 0. The Hall–Kier alpha value is -2.62. The summed E-state index contributed by atoms with van der Waals surface area (Å²) in [6.45, 7) is 3.61. The summed E-state index contributed by atoms with van der Waals surface area (Å²) < 4.78 is 6.44. The highest BCUT2D eigenvalue weighted by Gasteiger charge is 2.18. The van der Waals surface area contributed by atoms with Crippen molar-refractivity contribution in [3.05, 3.63) is 34.7 Å². The summed E-state index contributed by atoms with van der Waals surface area (Å²) in [5.41, 5.74) is 0.852. The van der Waals surface area contributed by atoms with Crippen LogP contribution in [-0.2, 0) is 6.54 Å². The van der Waals surface area contributed by atoms with E-state index in [4.69, 9.17) is 4.52 Å². The smallest absolute Gasteiger partial charge is 0.274 e. The van der Waals surface area contributed by atoms with Gasteiger partial charge in [-0.1, -0.05) is 10.4 Å². The van der Waals surface area contributed by atoms with Crippen LogP contribution in [-0.4, -0.2) is 36.0 Å². The monoisotopic (exact) mass is 305 g/mol. The summed E-state index contributed by atoms with van der Waals surface area (Å²) in [6, 6.07) is 0. The summed E-state index contributed by atoms with van der Waals surface area (Å²) in [6.07, 6.45) is 1.67. The van der Waals surface area contributed by atoms with Crippen molar-refractivity contribution in [1.82, 2.24) is 35.4 Å². The van der Waals surface area contributed by atoms with Gasteiger partial charge in [-0.25, -0.2) is 4.98 Å². The van der Waals surface area contributed by atoms with Crippen molar-refractivity contribution in [1.29, 1.82) is 0 Å². The minimum atomic E-state index is -0.355. The number of amides is 1. The molecule has 0 saturated heterocycles. The third-order valence-corrected chi connectivity index (χ3v) is 3.43. The molecular weight excluding hydrogens is 294 g/mol. The van der Waals surface area contributed by atoms with E-state index in [1.807, 2.05) is 5.38 Å². The summed E-state index contributed by atoms with van der Waals surface area (Å²) in [5.74, 6) is 0.502. The number of aryl methyl sites for hydroxylation is 1. The zero-order valence-corrected chi connectivity index (χ0v) is 12.1. The molecule has 0 fully saturated rings. The molecule has 0 aromatic carbocycles. The number of nitrogens with zero attached hydrogens (tertiary/aromatic N) is 6. The lowest BCUT2D eigenvalue weighted by atomic mass is 10.3. The van der Waals surface area contributed by atoms with E-state index in [1.165, 1.54) is 16.0 Å². The first kappa shape index (κ1) is 13.4. The van der Waals surface area contributed by atoms with Crippen LogP contribution in [0.5, 0.6) is 0 Å². The number of carbonyl (C=O) groups excluding carboxylic acids is 1. The van der Waals surface area contributed by atoms with Gasteiger partial charge in [0, 0.05) is 11.6 Å². The summed E-state index contributed by atoms with van der Waals surface area (Å²) in [5, 5.41) is 16.6. The molecule has 3 aromatic rings. The maximum Gasteiger partial charge on any atom is 0.274 e. The van der Waals surface area contributed by atoms with Crippen molar-refractivity contribution in [3.63, 3.8) is 0 Å². The van der Waals surface area contributed by atoms with Gasteiger partial charge in [0.05, 0.1) is 12.2 Å². The van der Waals surface area contributed by atoms with Crippen LogP contribution in [0.1, 0.15) is 27.9 Å². The molecule has 0 aliphatic heterocycles. The van der Waals surface area contributed by atoms with Crippen LogP contribution >= 0.6 is 11.3 Å². The number of thiazole rings is 1. The van der Waals surface area contributed by atoms with E-state index in [0.29, 0.717) is 22.5 Å². The van der Waals surface area contributed by atoms with Crippen LogP contribution < -0.4 is 5.32 Å². The average Bonchev–Trinajstić information content (AvgIpc) is 3.17. The van der Waals surface area contributed by atoms with E-state index in [1.54, 1.807) is 20.0 Å². The van der Waals surface area contributed by atoms with Crippen molar-refractivity contribution < 1.29 is 9.32 Å². The fraction of sp³-hybridized carbons (Fsp3) is 0.273. The van der Waals surface area contributed by atoms with E-state index in [-0.39, 0.29) is 18.1 Å². The molecular formula is C11H11N7O2S. The number of aromatic nitrogens is 6. The molecule has 1 N–H and O–H groups in total. The maximum atomic E-state index is 12.1. The lowest BCUT2D eigenvalue weighted by Crippen LogP contribution is -2.24. The number of nitrogens with one attached hydrogen (secondary N) is 1. The maximum absolute atomic E-state index is 12.1.